The van der Waals surface area contributed by atoms with Crippen LogP contribution in [0.3, 0.4) is 0 Å². The Morgan fingerprint density at radius 1 is 1.62 bits per heavy atom. The van der Waals surface area contributed by atoms with Gasteiger partial charge in [0.1, 0.15) is 16.3 Å². The molecule has 2 aromatic heterocycles. The molecule has 1 unspecified atom stereocenters. The van der Waals surface area contributed by atoms with Crippen LogP contribution in [-0.4, -0.2) is 20.5 Å². The molecule has 0 spiro atoms. The van der Waals surface area contributed by atoms with E-state index in [1.165, 1.54) is 0 Å². The van der Waals surface area contributed by atoms with Crippen LogP contribution in [0, 0.1) is 0 Å². The summed E-state index contributed by atoms with van der Waals surface area (Å²) in [7, 11) is 0. The largest absolute Gasteiger partial charge is 0.481 e. The number of fused-ring (bicyclic) bond motifs is 1. The summed E-state index contributed by atoms with van der Waals surface area (Å²) in [5, 5.41) is 9.13. The van der Waals surface area contributed by atoms with Crippen molar-refractivity contribution in [3.8, 4) is 0 Å². The van der Waals surface area contributed by atoms with Gasteiger partial charge in [-0.2, -0.15) is 0 Å². The zero-order chi connectivity index (χ0) is 11.7. The van der Waals surface area contributed by atoms with E-state index in [0.29, 0.717) is 16.8 Å². The summed E-state index contributed by atoms with van der Waals surface area (Å²) in [4.78, 5) is 15.4. The fraction of sp³-hybridized carbons (Fsp3) is 0.273. The minimum atomic E-state index is -0.842. The van der Waals surface area contributed by atoms with Crippen molar-refractivity contribution in [2.75, 3.05) is 0 Å². The number of carbonyl (C=O) groups is 1. The summed E-state index contributed by atoms with van der Waals surface area (Å²) >= 11 is 3.34. The van der Waals surface area contributed by atoms with Crippen molar-refractivity contribution in [2.24, 2.45) is 0 Å². The van der Waals surface area contributed by atoms with Gasteiger partial charge in [-0.05, 0) is 34.5 Å². The van der Waals surface area contributed by atoms with Crippen LogP contribution in [0.15, 0.2) is 29.0 Å². The van der Waals surface area contributed by atoms with Crippen molar-refractivity contribution >= 4 is 27.4 Å². The highest BCUT2D eigenvalue weighted by atomic mass is 79.9. The lowest BCUT2D eigenvalue weighted by Gasteiger charge is -2.07. The minimum Gasteiger partial charge on any atom is -0.481 e. The van der Waals surface area contributed by atoms with E-state index in [9.17, 15) is 4.79 Å². The fourth-order valence-corrected chi connectivity index (χ4v) is 2.24. The Kier molecular flexibility index (Phi) is 2.96. The van der Waals surface area contributed by atoms with Gasteiger partial charge in [0.25, 0.3) is 0 Å². The van der Waals surface area contributed by atoms with Gasteiger partial charge in [-0.25, -0.2) is 4.98 Å². The van der Waals surface area contributed by atoms with Gasteiger partial charge in [-0.1, -0.05) is 13.0 Å². The van der Waals surface area contributed by atoms with E-state index in [0.717, 1.165) is 5.52 Å². The SMILES string of the molecule is CCC(C(=O)O)c1nc(Br)c2ccccn12. The van der Waals surface area contributed by atoms with Crippen molar-refractivity contribution in [2.45, 2.75) is 19.3 Å². The highest BCUT2D eigenvalue weighted by Gasteiger charge is 2.23. The second kappa shape index (κ2) is 4.25. The second-order valence-corrected chi connectivity index (χ2v) is 4.27. The smallest absolute Gasteiger partial charge is 0.314 e. The number of aliphatic carboxylic acids is 1. The first-order valence-corrected chi connectivity index (χ1v) is 5.79. The fourth-order valence-electron chi connectivity index (χ4n) is 1.74. The summed E-state index contributed by atoms with van der Waals surface area (Å²) in [6.45, 7) is 1.84. The predicted molar refractivity (Wildman–Crippen MR) is 63.6 cm³/mol. The predicted octanol–water partition coefficient (Wildman–Crippen LogP) is 2.68. The van der Waals surface area contributed by atoms with Gasteiger partial charge in [0, 0.05) is 6.20 Å². The van der Waals surface area contributed by atoms with Crippen molar-refractivity contribution in [3.05, 3.63) is 34.8 Å². The van der Waals surface area contributed by atoms with Gasteiger partial charge < -0.3 is 9.51 Å². The van der Waals surface area contributed by atoms with Crippen molar-refractivity contribution in [1.29, 1.82) is 0 Å². The zero-order valence-electron chi connectivity index (χ0n) is 8.72. The summed E-state index contributed by atoms with van der Waals surface area (Å²) in [6.07, 6.45) is 2.35. The maximum Gasteiger partial charge on any atom is 0.314 e. The lowest BCUT2D eigenvalue weighted by atomic mass is 10.1. The van der Waals surface area contributed by atoms with Gasteiger partial charge in [0.15, 0.2) is 0 Å². The van der Waals surface area contributed by atoms with Crippen LogP contribution in [0.2, 0.25) is 0 Å². The van der Waals surface area contributed by atoms with Crippen LogP contribution in [0.25, 0.3) is 5.52 Å². The lowest BCUT2D eigenvalue weighted by Crippen LogP contribution is -2.13. The average Bonchev–Trinajstić information content (AvgIpc) is 2.58. The number of imidazole rings is 1. The molecule has 0 radical (unpaired) electrons. The molecule has 4 nitrogen and oxygen atoms in total. The van der Waals surface area contributed by atoms with E-state index in [4.69, 9.17) is 5.11 Å². The third kappa shape index (κ3) is 1.71. The Labute approximate surface area is 101 Å². The van der Waals surface area contributed by atoms with Gasteiger partial charge in [-0.3, -0.25) is 4.79 Å². The maximum absolute atomic E-state index is 11.1. The van der Waals surface area contributed by atoms with Crippen LogP contribution < -0.4 is 0 Å². The van der Waals surface area contributed by atoms with Crippen molar-refractivity contribution in [1.82, 2.24) is 9.38 Å². The highest BCUT2D eigenvalue weighted by molar-refractivity contribution is 9.10. The van der Waals surface area contributed by atoms with Crippen LogP contribution in [0.5, 0.6) is 0 Å². The van der Waals surface area contributed by atoms with Crippen LogP contribution in [0.1, 0.15) is 25.1 Å². The normalized spacial score (nSPS) is 12.9. The number of halogens is 1. The second-order valence-electron chi connectivity index (χ2n) is 3.52. The number of carboxylic acid groups (broad SMARTS) is 1. The van der Waals surface area contributed by atoms with Crippen molar-refractivity contribution < 1.29 is 9.90 Å². The topological polar surface area (TPSA) is 54.6 Å². The van der Waals surface area contributed by atoms with E-state index in [2.05, 4.69) is 20.9 Å². The average molecular weight is 283 g/mol. The number of rotatable bonds is 3. The van der Waals surface area contributed by atoms with Crippen LogP contribution >= 0.6 is 15.9 Å². The van der Waals surface area contributed by atoms with Gasteiger partial charge in [-0.15, -0.1) is 0 Å². The molecule has 0 amide bonds. The van der Waals surface area contributed by atoms with Crippen LogP contribution in [-0.2, 0) is 4.79 Å². The first-order valence-electron chi connectivity index (χ1n) is 5.00. The summed E-state index contributed by atoms with van der Waals surface area (Å²) in [6, 6.07) is 5.65. The molecule has 2 heterocycles. The minimum absolute atomic E-state index is 0.524. The van der Waals surface area contributed by atoms with Gasteiger partial charge in [0.05, 0.1) is 5.52 Å². The van der Waals surface area contributed by atoms with Crippen molar-refractivity contribution in [3.63, 3.8) is 0 Å². The molecule has 0 saturated carbocycles. The molecule has 0 aromatic carbocycles. The first kappa shape index (κ1) is 11.1. The monoisotopic (exact) mass is 282 g/mol. The number of hydrogen-bond acceptors (Lipinski definition) is 2. The van der Waals surface area contributed by atoms with E-state index >= 15 is 0 Å². The Balaban J connectivity index is 2.64. The molecule has 1 N–H and O–H groups in total. The number of pyridine rings is 1. The third-order valence-electron chi connectivity index (χ3n) is 2.55. The highest BCUT2D eigenvalue weighted by Crippen LogP contribution is 2.25. The molecule has 0 fully saturated rings. The third-order valence-corrected chi connectivity index (χ3v) is 3.13. The van der Waals surface area contributed by atoms with Gasteiger partial charge >= 0.3 is 5.97 Å². The quantitative estimate of drug-likeness (QED) is 0.942. The molecule has 0 saturated heterocycles. The Morgan fingerprint density at radius 3 is 3.00 bits per heavy atom. The van der Waals surface area contributed by atoms with Crippen LogP contribution in [0.4, 0.5) is 0 Å². The molecule has 0 bridgehead atoms. The Hall–Kier alpha value is -1.36. The molecule has 2 aromatic rings. The first-order chi connectivity index (χ1) is 7.65. The zero-order valence-corrected chi connectivity index (χ0v) is 10.3. The molecule has 5 heteroatoms. The number of aromatic nitrogens is 2. The maximum atomic E-state index is 11.1. The number of carboxylic acids is 1. The molecule has 16 heavy (non-hydrogen) atoms. The molecule has 1 atom stereocenters. The molecular weight excluding hydrogens is 272 g/mol. The number of nitrogens with zero attached hydrogens (tertiary/aromatic N) is 2. The van der Waals surface area contributed by atoms with Gasteiger partial charge in [0.2, 0.25) is 0 Å². The van der Waals surface area contributed by atoms with E-state index in [1.807, 2.05) is 35.7 Å². The summed E-state index contributed by atoms with van der Waals surface area (Å²) in [5.41, 5.74) is 0.886. The molecule has 0 aliphatic heterocycles. The summed E-state index contributed by atoms with van der Waals surface area (Å²) < 4.78 is 2.50. The van der Waals surface area contributed by atoms with E-state index in [1.54, 1.807) is 0 Å². The molecule has 84 valence electrons. The standard InChI is InChI=1S/C11H11BrN2O2/c1-2-7(11(15)16)10-13-9(12)8-5-3-4-6-14(8)10/h3-7H,2H2,1H3,(H,15,16). The Morgan fingerprint density at radius 2 is 2.38 bits per heavy atom. The lowest BCUT2D eigenvalue weighted by molar-refractivity contribution is -0.139. The molecule has 2 rings (SSSR count). The number of hydrogen-bond donors (Lipinski definition) is 1. The molecular formula is C11H11BrN2O2. The Bertz CT molecular complexity index is 536. The molecule has 0 aliphatic rings. The molecule has 0 aliphatic carbocycles. The van der Waals surface area contributed by atoms with E-state index < -0.39 is 11.9 Å². The summed E-state index contributed by atoms with van der Waals surface area (Å²) in [5.74, 6) is -0.843. The van der Waals surface area contributed by atoms with E-state index in [-0.39, 0.29) is 0 Å².